The summed E-state index contributed by atoms with van der Waals surface area (Å²) in [5.74, 6) is 0. The predicted molar refractivity (Wildman–Crippen MR) is 72.3 cm³/mol. The van der Waals surface area contributed by atoms with Gasteiger partial charge >= 0.3 is 0 Å². The molecule has 1 aromatic rings. The Kier molecular flexibility index (Phi) is 4.61. The summed E-state index contributed by atoms with van der Waals surface area (Å²) >= 11 is 2.27. The molecule has 1 aromatic carbocycles. The number of hydrogen-bond acceptors (Lipinski definition) is 2. The summed E-state index contributed by atoms with van der Waals surface area (Å²) < 4.78 is 6.75. The van der Waals surface area contributed by atoms with Crippen molar-refractivity contribution in [2.45, 2.75) is 37.9 Å². The molecule has 0 radical (unpaired) electrons. The second-order valence-electron chi connectivity index (χ2n) is 4.28. The van der Waals surface area contributed by atoms with Crippen molar-refractivity contribution in [3.8, 4) is 0 Å². The highest BCUT2D eigenvalue weighted by Gasteiger charge is 2.17. The van der Waals surface area contributed by atoms with Crippen LogP contribution in [0.25, 0.3) is 0 Å². The molecule has 0 bridgehead atoms. The molecule has 0 aromatic heterocycles. The predicted octanol–water partition coefficient (Wildman–Crippen LogP) is 3.28. The van der Waals surface area contributed by atoms with Crippen LogP contribution < -0.4 is 0 Å². The first-order valence-corrected chi connectivity index (χ1v) is 6.89. The molecule has 1 heterocycles. The summed E-state index contributed by atoms with van der Waals surface area (Å²) in [6.07, 6.45) is 4.11. The van der Waals surface area contributed by atoms with Gasteiger partial charge in [-0.25, -0.2) is 0 Å². The van der Waals surface area contributed by atoms with Gasteiger partial charge < -0.3 is 9.84 Å². The van der Waals surface area contributed by atoms with Gasteiger partial charge in [0.25, 0.3) is 0 Å². The molecule has 3 heteroatoms. The second-order valence-corrected chi connectivity index (χ2v) is 5.53. The second kappa shape index (κ2) is 5.98. The standard InChI is InChI=1S/C13H17IO2/c14-11-5-3-10(4-6-11)13(15)8-7-12-2-1-9-16-12/h3-6,12-13,15H,1-2,7-9H2. The molecule has 2 atom stereocenters. The fraction of sp³-hybridized carbons (Fsp3) is 0.538. The topological polar surface area (TPSA) is 29.5 Å². The van der Waals surface area contributed by atoms with E-state index in [9.17, 15) is 5.11 Å². The lowest BCUT2D eigenvalue weighted by Gasteiger charge is -2.14. The van der Waals surface area contributed by atoms with Crippen molar-refractivity contribution >= 4 is 22.6 Å². The van der Waals surface area contributed by atoms with E-state index in [2.05, 4.69) is 22.6 Å². The smallest absolute Gasteiger partial charge is 0.0791 e. The number of ether oxygens (including phenoxy) is 1. The molecular weight excluding hydrogens is 315 g/mol. The van der Waals surface area contributed by atoms with Gasteiger partial charge in [-0.2, -0.15) is 0 Å². The summed E-state index contributed by atoms with van der Waals surface area (Å²) in [5, 5.41) is 10.0. The Balaban J connectivity index is 1.82. The van der Waals surface area contributed by atoms with Crippen LogP contribution in [0, 0.1) is 3.57 Å². The first-order chi connectivity index (χ1) is 7.75. The first kappa shape index (κ1) is 12.3. The molecule has 1 aliphatic heterocycles. The largest absolute Gasteiger partial charge is 0.388 e. The zero-order chi connectivity index (χ0) is 11.4. The van der Waals surface area contributed by atoms with Crippen LogP contribution in [-0.2, 0) is 4.74 Å². The van der Waals surface area contributed by atoms with E-state index in [1.807, 2.05) is 24.3 Å². The minimum atomic E-state index is -0.346. The van der Waals surface area contributed by atoms with E-state index in [4.69, 9.17) is 4.74 Å². The maximum absolute atomic E-state index is 10.0. The van der Waals surface area contributed by atoms with Crippen molar-refractivity contribution in [2.24, 2.45) is 0 Å². The number of halogens is 1. The number of aliphatic hydroxyl groups excluding tert-OH is 1. The van der Waals surface area contributed by atoms with Crippen LogP contribution in [-0.4, -0.2) is 17.8 Å². The number of benzene rings is 1. The highest BCUT2D eigenvalue weighted by atomic mass is 127. The molecule has 1 fully saturated rings. The van der Waals surface area contributed by atoms with Gasteiger partial charge in [-0.15, -0.1) is 0 Å². The monoisotopic (exact) mass is 332 g/mol. The lowest BCUT2D eigenvalue weighted by molar-refractivity contribution is 0.0812. The number of aliphatic hydroxyl groups is 1. The minimum Gasteiger partial charge on any atom is -0.388 e. The first-order valence-electron chi connectivity index (χ1n) is 5.81. The van der Waals surface area contributed by atoms with E-state index >= 15 is 0 Å². The van der Waals surface area contributed by atoms with Crippen LogP contribution in [0.15, 0.2) is 24.3 Å². The third-order valence-electron chi connectivity index (χ3n) is 3.04. The van der Waals surface area contributed by atoms with Crippen LogP contribution in [0.3, 0.4) is 0 Å². The van der Waals surface area contributed by atoms with E-state index in [1.54, 1.807) is 0 Å². The van der Waals surface area contributed by atoms with Crippen LogP contribution in [0.1, 0.15) is 37.4 Å². The Hall–Kier alpha value is -0.130. The lowest BCUT2D eigenvalue weighted by atomic mass is 10.0. The van der Waals surface area contributed by atoms with Crippen LogP contribution in [0.5, 0.6) is 0 Å². The van der Waals surface area contributed by atoms with E-state index in [0.29, 0.717) is 6.10 Å². The molecule has 2 nitrogen and oxygen atoms in total. The van der Waals surface area contributed by atoms with E-state index < -0.39 is 0 Å². The molecular formula is C13H17IO2. The molecule has 2 rings (SSSR count). The summed E-state index contributed by atoms with van der Waals surface area (Å²) in [7, 11) is 0. The molecule has 0 aliphatic carbocycles. The molecule has 88 valence electrons. The number of hydrogen-bond donors (Lipinski definition) is 1. The van der Waals surface area contributed by atoms with Crippen molar-refractivity contribution < 1.29 is 9.84 Å². The third-order valence-corrected chi connectivity index (χ3v) is 3.76. The quantitative estimate of drug-likeness (QED) is 0.858. The molecule has 1 saturated heterocycles. The Morgan fingerprint density at radius 2 is 2.12 bits per heavy atom. The van der Waals surface area contributed by atoms with Crippen molar-refractivity contribution in [3.05, 3.63) is 33.4 Å². The molecule has 16 heavy (non-hydrogen) atoms. The Morgan fingerprint density at radius 1 is 1.38 bits per heavy atom. The highest BCUT2D eigenvalue weighted by Crippen LogP contribution is 2.24. The van der Waals surface area contributed by atoms with E-state index in [1.165, 1.54) is 9.99 Å². The maximum Gasteiger partial charge on any atom is 0.0791 e. The van der Waals surface area contributed by atoms with Crippen molar-refractivity contribution in [3.63, 3.8) is 0 Å². The van der Waals surface area contributed by atoms with Crippen LogP contribution >= 0.6 is 22.6 Å². The average molecular weight is 332 g/mol. The normalized spacial score (nSPS) is 22.2. The average Bonchev–Trinajstić information content (AvgIpc) is 2.80. The zero-order valence-electron chi connectivity index (χ0n) is 9.23. The van der Waals surface area contributed by atoms with Crippen molar-refractivity contribution in [1.29, 1.82) is 0 Å². The Morgan fingerprint density at radius 3 is 2.75 bits per heavy atom. The highest BCUT2D eigenvalue weighted by molar-refractivity contribution is 14.1. The molecule has 0 amide bonds. The Labute approximate surface area is 110 Å². The fourth-order valence-corrected chi connectivity index (χ4v) is 2.43. The molecule has 1 aliphatic rings. The lowest BCUT2D eigenvalue weighted by Crippen LogP contribution is -2.07. The van der Waals surface area contributed by atoms with Crippen molar-refractivity contribution in [2.75, 3.05) is 6.61 Å². The summed E-state index contributed by atoms with van der Waals surface area (Å²) in [4.78, 5) is 0. The van der Waals surface area contributed by atoms with Gasteiger partial charge in [0.2, 0.25) is 0 Å². The number of rotatable bonds is 4. The van der Waals surface area contributed by atoms with E-state index in [-0.39, 0.29) is 6.10 Å². The summed E-state index contributed by atoms with van der Waals surface area (Å²) in [6.45, 7) is 0.893. The summed E-state index contributed by atoms with van der Waals surface area (Å²) in [5.41, 5.74) is 1.01. The van der Waals surface area contributed by atoms with Gasteiger partial charge in [0.05, 0.1) is 12.2 Å². The molecule has 0 spiro atoms. The van der Waals surface area contributed by atoms with Crippen LogP contribution in [0.2, 0.25) is 0 Å². The van der Waals surface area contributed by atoms with Gasteiger partial charge in [0.15, 0.2) is 0 Å². The van der Waals surface area contributed by atoms with E-state index in [0.717, 1.165) is 31.4 Å². The van der Waals surface area contributed by atoms with Gasteiger partial charge in [-0.3, -0.25) is 0 Å². The fourth-order valence-electron chi connectivity index (χ4n) is 2.07. The third kappa shape index (κ3) is 3.43. The van der Waals surface area contributed by atoms with Gasteiger partial charge in [-0.1, -0.05) is 12.1 Å². The SMILES string of the molecule is OC(CCC1CCCO1)c1ccc(I)cc1. The molecule has 0 saturated carbocycles. The van der Waals surface area contributed by atoms with Gasteiger partial charge in [0, 0.05) is 10.2 Å². The Bertz CT molecular complexity index is 317. The maximum atomic E-state index is 10.0. The minimum absolute atomic E-state index is 0.346. The zero-order valence-corrected chi connectivity index (χ0v) is 11.4. The molecule has 2 unspecified atom stereocenters. The van der Waals surface area contributed by atoms with Crippen molar-refractivity contribution in [1.82, 2.24) is 0 Å². The van der Waals surface area contributed by atoms with Gasteiger partial charge in [-0.05, 0) is 66.0 Å². The molecule has 1 N–H and O–H groups in total. The summed E-state index contributed by atoms with van der Waals surface area (Å²) in [6, 6.07) is 8.07. The van der Waals surface area contributed by atoms with Crippen LogP contribution in [0.4, 0.5) is 0 Å². The van der Waals surface area contributed by atoms with Gasteiger partial charge in [0.1, 0.15) is 0 Å².